The number of amides is 4. The SMILES string of the molecule is O=C(CCOCCOCCOCCNc1cccc2c1CN(C1CCC(=O)NC1=O)C2=O)NCCOc1ccc(C(=C(CCCl)c2ccc(O)cc2)c2ccc(O)cc2)cc1. The molecule has 0 aromatic heterocycles. The number of nitrogens with one attached hydrogen (secondary N) is 3. The Bertz CT molecular complexity index is 2150. The number of phenols is 2. The van der Waals surface area contributed by atoms with Gasteiger partial charge in [-0.3, -0.25) is 24.5 Å². The van der Waals surface area contributed by atoms with Crippen LogP contribution in [0.3, 0.4) is 0 Å². The quantitative estimate of drug-likeness (QED) is 0.0275. The van der Waals surface area contributed by atoms with E-state index in [-0.39, 0.29) is 55.3 Å². The molecule has 61 heavy (non-hydrogen) atoms. The number of benzene rings is 4. The summed E-state index contributed by atoms with van der Waals surface area (Å²) < 4.78 is 22.7. The third kappa shape index (κ3) is 12.6. The van der Waals surface area contributed by atoms with Crippen LogP contribution in [0.2, 0.25) is 0 Å². The Morgan fingerprint density at radius 1 is 0.738 bits per heavy atom. The summed E-state index contributed by atoms with van der Waals surface area (Å²) >= 11 is 6.25. The number of hydrogen-bond donors (Lipinski definition) is 5. The van der Waals surface area contributed by atoms with Gasteiger partial charge in [0.15, 0.2) is 0 Å². The third-order valence-electron chi connectivity index (χ3n) is 10.2. The van der Waals surface area contributed by atoms with E-state index in [4.69, 9.17) is 30.5 Å². The van der Waals surface area contributed by atoms with Crippen LogP contribution in [0.25, 0.3) is 11.1 Å². The van der Waals surface area contributed by atoms with Crippen LogP contribution in [0.4, 0.5) is 5.69 Å². The zero-order valence-electron chi connectivity index (χ0n) is 33.8. The lowest BCUT2D eigenvalue weighted by Crippen LogP contribution is -2.52. The van der Waals surface area contributed by atoms with Gasteiger partial charge in [0.05, 0.1) is 46.2 Å². The first-order valence-electron chi connectivity index (χ1n) is 20.3. The number of allylic oxidation sites excluding steroid dienone is 1. The van der Waals surface area contributed by atoms with Crippen LogP contribution >= 0.6 is 11.6 Å². The Hall–Kier alpha value is -5.93. The third-order valence-corrected chi connectivity index (χ3v) is 10.4. The summed E-state index contributed by atoms with van der Waals surface area (Å²) in [5, 5.41) is 28.3. The molecule has 1 unspecified atom stereocenters. The highest BCUT2D eigenvalue weighted by Gasteiger charge is 2.39. The van der Waals surface area contributed by atoms with E-state index in [1.165, 1.54) is 4.90 Å². The van der Waals surface area contributed by atoms with E-state index >= 15 is 0 Å². The number of anilines is 1. The van der Waals surface area contributed by atoms with Gasteiger partial charge in [0.2, 0.25) is 17.7 Å². The number of hydrogen-bond acceptors (Lipinski definition) is 11. The normalized spacial score (nSPS) is 15.3. The molecule has 0 bridgehead atoms. The number of ether oxygens (including phenoxy) is 4. The molecule has 1 atom stereocenters. The maximum Gasteiger partial charge on any atom is 0.255 e. The molecule has 4 aromatic carbocycles. The Labute approximate surface area is 359 Å². The first-order chi connectivity index (χ1) is 29.7. The highest BCUT2D eigenvalue weighted by Crippen LogP contribution is 2.37. The summed E-state index contributed by atoms with van der Waals surface area (Å²) in [6.07, 6.45) is 1.31. The maximum atomic E-state index is 13.0. The number of phenolic OH excluding ortho intramolecular Hbond substituents is 2. The zero-order valence-corrected chi connectivity index (χ0v) is 34.6. The van der Waals surface area contributed by atoms with Gasteiger partial charge in [-0.15, -0.1) is 11.6 Å². The average Bonchev–Trinajstić information content (AvgIpc) is 3.60. The summed E-state index contributed by atoms with van der Waals surface area (Å²) in [5.41, 5.74) is 6.89. The predicted molar refractivity (Wildman–Crippen MR) is 230 cm³/mol. The van der Waals surface area contributed by atoms with Crippen LogP contribution in [-0.4, -0.2) is 110 Å². The van der Waals surface area contributed by atoms with E-state index in [1.54, 1.807) is 36.4 Å². The van der Waals surface area contributed by atoms with Crippen LogP contribution in [0.5, 0.6) is 17.2 Å². The van der Waals surface area contributed by atoms with Gasteiger partial charge in [0.25, 0.3) is 5.91 Å². The zero-order chi connectivity index (χ0) is 43.0. The summed E-state index contributed by atoms with van der Waals surface area (Å²) in [4.78, 5) is 50.8. The molecule has 6 rings (SSSR count). The molecule has 0 saturated carbocycles. The molecule has 2 aliphatic heterocycles. The summed E-state index contributed by atoms with van der Waals surface area (Å²) in [6.45, 7) is 3.56. The smallest absolute Gasteiger partial charge is 0.255 e. The van der Waals surface area contributed by atoms with Crippen molar-refractivity contribution in [3.63, 3.8) is 0 Å². The van der Waals surface area contributed by atoms with Crippen molar-refractivity contribution in [1.29, 1.82) is 0 Å². The molecule has 0 aliphatic carbocycles. The van der Waals surface area contributed by atoms with E-state index in [0.29, 0.717) is 82.7 Å². The number of carbonyl (C=O) groups excluding carboxylic acids is 4. The Kier molecular flexibility index (Phi) is 16.5. The van der Waals surface area contributed by atoms with Crippen molar-refractivity contribution >= 4 is 52.1 Å². The number of fused-ring (bicyclic) bond motifs is 1. The van der Waals surface area contributed by atoms with Crippen molar-refractivity contribution in [2.45, 2.75) is 38.3 Å². The largest absolute Gasteiger partial charge is 0.508 e. The molecule has 1 saturated heterocycles. The number of alkyl halides is 1. The van der Waals surface area contributed by atoms with Crippen molar-refractivity contribution in [3.8, 4) is 17.2 Å². The highest BCUT2D eigenvalue weighted by molar-refractivity contribution is 6.18. The molecule has 0 radical (unpaired) electrons. The molecule has 14 nitrogen and oxygen atoms in total. The minimum atomic E-state index is -0.659. The predicted octanol–water partition coefficient (Wildman–Crippen LogP) is 5.49. The number of imide groups is 1. The Morgan fingerprint density at radius 3 is 2.02 bits per heavy atom. The number of nitrogens with zero attached hydrogens (tertiary/aromatic N) is 1. The summed E-state index contributed by atoms with van der Waals surface area (Å²) in [7, 11) is 0. The molecule has 5 N–H and O–H groups in total. The molecular formula is C46H51ClN4O10. The monoisotopic (exact) mass is 854 g/mol. The highest BCUT2D eigenvalue weighted by atomic mass is 35.5. The van der Waals surface area contributed by atoms with E-state index in [9.17, 15) is 29.4 Å². The second kappa shape index (κ2) is 22.6. The molecular weight excluding hydrogens is 804 g/mol. The van der Waals surface area contributed by atoms with Crippen LogP contribution in [0.15, 0.2) is 91.0 Å². The Morgan fingerprint density at radius 2 is 1.36 bits per heavy atom. The van der Waals surface area contributed by atoms with Crippen LogP contribution in [0, 0.1) is 0 Å². The van der Waals surface area contributed by atoms with E-state index < -0.39 is 11.9 Å². The minimum Gasteiger partial charge on any atom is -0.508 e. The van der Waals surface area contributed by atoms with Crippen molar-refractivity contribution in [2.24, 2.45) is 0 Å². The Balaban J connectivity index is 0.816. The minimum absolute atomic E-state index is 0.148. The average molecular weight is 855 g/mol. The molecule has 322 valence electrons. The van der Waals surface area contributed by atoms with Crippen LogP contribution in [-0.2, 0) is 35.1 Å². The molecule has 4 aromatic rings. The van der Waals surface area contributed by atoms with Gasteiger partial charge in [0.1, 0.15) is 29.9 Å². The molecule has 0 spiro atoms. The molecule has 15 heteroatoms. The number of piperidine rings is 1. The lowest BCUT2D eigenvalue weighted by atomic mass is 9.88. The van der Waals surface area contributed by atoms with Crippen LogP contribution < -0.4 is 20.7 Å². The fraction of sp³-hybridized carbons (Fsp3) is 0.348. The van der Waals surface area contributed by atoms with Gasteiger partial charge in [0, 0.05) is 48.6 Å². The first-order valence-corrected chi connectivity index (χ1v) is 20.9. The maximum absolute atomic E-state index is 13.0. The second-order valence-electron chi connectivity index (χ2n) is 14.4. The lowest BCUT2D eigenvalue weighted by molar-refractivity contribution is -0.137. The molecule has 4 amide bonds. The summed E-state index contributed by atoms with van der Waals surface area (Å²) in [6, 6.07) is 26.5. The lowest BCUT2D eigenvalue weighted by Gasteiger charge is -2.29. The number of halogens is 1. The molecule has 2 heterocycles. The van der Waals surface area contributed by atoms with Gasteiger partial charge >= 0.3 is 0 Å². The van der Waals surface area contributed by atoms with Gasteiger partial charge in [-0.25, -0.2) is 0 Å². The van der Waals surface area contributed by atoms with Crippen molar-refractivity contribution in [2.75, 3.05) is 70.5 Å². The fourth-order valence-corrected chi connectivity index (χ4v) is 7.38. The first kappa shape index (κ1) is 44.6. The molecule has 1 fully saturated rings. The number of aromatic hydroxyl groups is 2. The van der Waals surface area contributed by atoms with E-state index in [1.807, 2.05) is 54.6 Å². The van der Waals surface area contributed by atoms with E-state index in [2.05, 4.69) is 16.0 Å². The number of carbonyl (C=O) groups is 4. The van der Waals surface area contributed by atoms with Crippen molar-refractivity contribution < 1.29 is 48.3 Å². The topological polar surface area (TPSA) is 185 Å². The van der Waals surface area contributed by atoms with Crippen LogP contribution in [0.1, 0.15) is 58.3 Å². The van der Waals surface area contributed by atoms with Gasteiger partial charge in [-0.2, -0.15) is 0 Å². The van der Waals surface area contributed by atoms with E-state index in [0.717, 1.165) is 39.1 Å². The number of rotatable bonds is 23. The fourth-order valence-electron chi connectivity index (χ4n) is 7.20. The standard InChI is InChI=1S/C46H51ClN4O10/c47-20-18-37(31-4-10-34(52)11-5-31)44(32-6-12-35(53)13-7-32)33-8-14-36(15-9-33)61-25-22-49-42(54)19-23-58-26-28-60-29-27-59-24-21-48-40-3-1-2-38-39(40)30-51(46(38)57)41-16-17-43(55)50-45(41)56/h1-15,41,48,52-53H,16-30H2,(H,49,54)(H,50,55,56). The van der Waals surface area contributed by atoms with Gasteiger partial charge in [-0.05, 0) is 89.2 Å². The van der Waals surface area contributed by atoms with Crippen molar-refractivity contribution in [3.05, 3.63) is 119 Å². The van der Waals surface area contributed by atoms with Crippen molar-refractivity contribution in [1.82, 2.24) is 15.5 Å². The summed E-state index contributed by atoms with van der Waals surface area (Å²) in [5.74, 6) is 0.270. The second-order valence-corrected chi connectivity index (χ2v) is 14.7. The van der Waals surface area contributed by atoms with Gasteiger partial charge < -0.3 is 44.7 Å². The van der Waals surface area contributed by atoms with Gasteiger partial charge in [-0.1, -0.05) is 42.5 Å². The molecule has 2 aliphatic rings.